The van der Waals surface area contributed by atoms with Crippen molar-refractivity contribution >= 4 is 12.0 Å². The molecule has 0 atom stereocenters. The van der Waals surface area contributed by atoms with Gasteiger partial charge in [-0.05, 0) is 26.8 Å². The fourth-order valence-electron chi connectivity index (χ4n) is 1.03. The molecule has 1 rings (SSSR count). The average Bonchev–Trinajstić information content (AvgIpc) is 2.60. The van der Waals surface area contributed by atoms with Gasteiger partial charge in [0.1, 0.15) is 16.3 Å². The van der Waals surface area contributed by atoms with Crippen LogP contribution in [0.1, 0.15) is 26.5 Å². The molecular formula is C10H14N2O5. The summed E-state index contributed by atoms with van der Waals surface area (Å²) in [6.07, 6.45) is -0.600. The molecule has 7 heteroatoms. The molecule has 0 saturated carbocycles. The Morgan fingerprint density at radius 2 is 2.18 bits per heavy atom. The van der Waals surface area contributed by atoms with Crippen LogP contribution in [0.2, 0.25) is 0 Å². The molecule has 1 heterocycles. The number of rotatable bonds is 3. The van der Waals surface area contributed by atoms with E-state index in [1.807, 2.05) is 0 Å². The molecule has 0 unspecified atom stereocenters. The zero-order chi connectivity index (χ0) is 13.1. The largest absolute Gasteiger partial charge is 0.444 e. The summed E-state index contributed by atoms with van der Waals surface area (Å²) in [5.74, 6) is -0.0615. The van der Waals surface area contributed by atoms with Gasteiger partial charge >= 0.3 is 12.0 Å². The highest BCUT2D eigenvalue weighted by atomic mass is 16.6. The number of nitrogens with one attached hydrogen (secondary N) is 1. The van der Waals surface area contributed by atoms with Crippen molar-refractivity contribution in [2.24, 2.45) is 0 Å². The maximum absolute atomic E-state index is 11.3. The summed E-state index contributed by atoms with van der Waals surface area (Å²) in [7, 11) is 0. The third-order valence-corrected chi connectivity index (χ3v) is 1.63. The number of nitrogens with zero attached hydrogens (tertiary/aromatic N) is 1. The first-order valence-corrected chi connectivity index (χ1v) is 4.98. The number of hydrogen-bond acceptors (Lipinski definition) is 5. The van der Waals surface area contributed by atoms with E-state index in [-0.39, 0.29) is 12.4 Å². The van der Waals surface area contributed by atoms with Crippen molar-refractivity contribution in [1.29, 1.82) is 0 Å². The van der Waals surface area contributed by atoms with Gasteiger partial charge in [-0.15, -0.1) is 0 Å². The molecule has 0 radical (unpaired) electrons. The van der Waals surface area contributed by atoms with Crippen molar-refractivity contribution in [3.63, 3.8) is 0 Å². The fraction of sp³-hybridized carbons (Fsp3) is 0.500. The summed E-state index contributed by atoms with van der Waals surface area (Å²) in [6.45, 7) is 5.27. The third-order valence-electron chi connectivity index (χ3n) is 1.63. The summed E-state index contributed by atoms with van der Waals surface area (Å²) >= 11 is 0. The molecule has 17 heavy (non-hydrogen) atoms. The molecule has 1 aromatic heterocycles. The lowest BCUT2D eigenvalue weighted by atomic mass is 10.2. The minimum Gasteiger partial charge on any atom is -0.444 e. The smallest absolute Gasteiger partial charge is 0.433 e. The first-order valence-electron chi connectivity index (χ1n) is 4.98. The third kappa shape index (κ3) is 4.54. The monoisotopic (exact) mass is 242 g/mol. The van der Waals surface area contributed by atoms with Crippen LogP contribution in [0.4, 0.5) is 10.7 Å². The van der Waals surface area contributed by atoms with Crippen LogP contribution in [-0.4, -0.2) is 16.6 Å². The quantitative estimate of drug-likeness (QED) is 0.647. The van der Waals surface area contributed by atoms with Gasteiger partial charge < -0.3 is 14.5 Å². The van der Waals surface area contributed by atoms with E-state index in [0.717, 1.165) is 0 Å². The summed E-state index contributed by atoms with van der Waals surface area (Å²) in [5.41, 5.74) is -0.584. The van der Waals surface area contributed by atoms with E-state index in [9.17, 15) is 14.9 Å². The molecule has 1 aromatic rings. The number of furan rings is 1. The van der Waals surface area contributed by atoms with E-state index in [1.54, 1.807) is 20.8 Å². The second kappa shape index (κ2) is 4.86. The number of hydrogen-bond donors (Lipinski definition) is 1. The molecular weight excluding hydrogens is 228 g/mol. The topological polar surface area (TPSA) is 94.6 Å². The fourth-order valence-corrected chi connectivity index (χ4v) is 1.03. The second-order valence-electron chi connectivity index (χ2n) is 4.35. The van der Waals surface area contributed by atoms with Gasteiger partial charge in [-0.2, -0.15) is 0 Å². The van der Waals surface area contributed by atoms with Crippen LogP contribution >= 0.6 is 0 Å². The van der Waals surface area contributed by atoms with Crippen molar-refractivity contribution in [3.8, 4) is 0 Å². The van der Waals surface area contributed by atoms with Gasteiger partial charge in [0.05, 0.1) is 12.6 Å². The molecule has 0 aliphatic rings. The van der Waals surface area contributed by atoms with Crippen LogP contribution in [0.25, 0.3) is 0 Å². The SMILES string of the molecule is CC(C)(C)OC(=O)NCc1ccc([N+](=O)[O-])o1. The van der Waals surface area contributed by atoms with Gasteiger partial charge in [-0.3, -0.25) is 10.1 Å². The van der Waals surface area contributed by atoms with E-state index >= 15 is 0 Å². The van der Waals surface area contributed by atoms with Gasteiger partial charge in [0.2, 0.25) is 0 Å². The Morgan fingerprint density at radius 3 is 2.65 bits per heavy atom. The van der Waals surface area contributed by atoms with Crippen LogP contribution in [0.15, 0.2) is 16.5 Å². The first-order chi connectivity index (χ1) is 7.78. The minimum atomic E-state index is -0.642. The highest BCUT2D eigenvalue weighted by Crippen LogP contribution is 2.15. The average molecular weight is 242 g/mol. The summed E-state index contributed by atoms with van der Waals surface area (Å²) in [5, 5.41) is 12.8. The Balaban J connectivity index is 2.45. The molecule has 0 aliphatic heterocycles. The van der Waals surface area contributed by atoms with E-state index in [1.165, 1.54) is 12.1 Å². The molecule has 0 fully saturated rings. The van der Waals surface area contributed by atoms with Gasteiger partial charge in [0.15, 0.2) is 0 Å². The highest BCUT2D eigenvalue weighted by molar-refractivity contribution is 5.67. The van der Waals surface area contributed by atoms with E-state index in [2.05, 4.69) is 5.32 Å². The standard InChI is InChI=1S/C10H14N2O5/c1-10(2,3)17-9(13)11-6-7-4-5-8(16-7)12(14)15/h4-5H,6H2,1-3H3,(H,11,13). The maximum atomic E-state index is 11.3. The Labute approximate surface area is 97.9 Å². The Hall–Kier alpha value is -2.05. The van der Waals surface area contributed by atoms with Crippen LogP contribution in [0, 0.1) is 10.1 Å². The van der Waals surface area contributed by atoms with Crippen molar-refractivity contribution in [2.45, 2.75) is 32.9 Å². The predicted molar refractivity (Wildman–Crippen MR) is 58.4 cm³/mol. The number of carbonyl (C=O) groups is 1. The van der Waals surface area contributed by atoms with Crippen LogP contribution in [-0.2, 0) is 11.3 Å². The van der Waals surface area contributed by atoms with E-state index < -0.39 is 16.6 Å². The number of alkyl carbamates (subject to hydrolysis) is 1. The lowest BCUT2D eigenvalue weighted by molar-refractivity contribution is -0.402. The van der Waals surface area contributed by atoms with Crippen molar-refractivity contribution in [3.05, 3.63) is 28.0 Å². The predicted octanol–water partition coefficient (Wildman–Crippen LogP) is 2.21. The maximum Gasteiger partial charge on any atom is 0.433 e. The minimum absolute atomic E-state index is 0.0444. The molecule has 94 valence electrons. The first kappa shape index (κ1) is 13.0. The summed E-state index contributed by atoms with van der Waals surface area (Å²) in [4.78, 5) is 21.0. The van der Waals surface area contributed by atoms with Gasteiger partial charge in [0.25, 0.3) is 0 Å². The van der Waals surface area contributed by atoms with Crippen LogP contribution < -0.4 is 5.32 Å². The lowest BCUT2D eigenvalue weighted by Gasteiger charge is -2.19. The highest BCUT2D eigenvalue weighted by Gasteiger charge is 2.17. The molecule has 0 spiro atoms. The van der Waals surface area contributed by atoms with Crippen molar-refractivity contribution < 1.29 is 18.9 Å². The summed E-state index contributed by atoms with van der Waals surface area (Å²) < 4.78 is 9.84. The second-order valence-corrected chi connectivity index (χ2v) is 4.35. The molecule has 0 aliphatic carbocycles. The Morgan fingerprint density at radius 1 is 1.53 bits per heavy atom. The molecule has 1 amide bonds. The normalized spacial score (nSPS) is 11.0. The number of nitro groups is 1. The number of carbonyl (C=O) groups excluding carboxylic acids is 1. The van der Waals surface area contributed by atoms with Crippen molar-refractivity contribution in [2.75, 3.05) is 0 Å². The van der Waals surface area contributed by atoms with E-state index in [0.29, 0.717) is 5.76 Å². The zero-order valence-corrected chi connectivity index (χ0v) is 9.85. The zero-order valence-electron chi connectivity index (χ0n) is 9.85. The molecule has 0 aromatic carbocycles. The number of amides is 1. The van der Waals surface area contributed by atoms with Gasteiger partial charge in [-0.25, -0.2) is 4.79 Å². The molecule has 1 N–H and O–H groups in total. The van der Waals surface area contributed by atoms with Crippen LogP contribution in [0.5, 0.6) is 0 Å². The van der Waals surface area contributed by atoms with Crippen molar-refractivity contribution in [1.82, 2.24) is 5.32 Å². The Kier molecular flexibility index (Phi) is 3.72. The van der Waals surface area contributed by atoms with Crippen LogP contribution in [0.3, 0.4) is 0 Å². The summed E-state index contributed by atoms with van der Waals surface area (Å²) in [6, 6.07) is 2.65. The number of ether oxygens (including phenoxy) is 1. The Bertz CT molecular complexity index is 419. The van der Waals surface area contributed by atoms with E-state index in [4.69, 9.17) is 9.15 Å². The molecule has 0 bridgehead atoms. The van der Waals surface area contributed by atoms with Gasteiger partial charge in [-0.1, -0.05) is 0 Å². The molecule has 0 saturated heterocycles. The van der Waals surface area contributed by atoms with Gasteiger partial charge in [0, 0.05) is 0 Å². The molecule has 7 nitrogen and oxygen atoms in total. The lowest BCUT2D eigenvalue weighted by Crippen LogP contribution is -2.32.